The molecule has 0 bridgehead atoms. The Morgan fingerprint density at radius 3 is 1.86 bits per heavy atom. The van der Waals surface area contributed by atoms with Crippen LogP contribution in [0.2, 0.25) is 0 Å². The fourth-order valence-corrected chi connectivity index (χ4v) is 3.82. The van der Waals surface area contributed by atoms with Gasteiger partial charge in [-0.2, -0.15) is 0 Å². The third-order valence-electron chi connectivity index (χ3n) is 5.13. The summed E-state index contributed by atoms with van der Waals surface area (Å²) in [5.74, 6) is -1.01. The van der Waals surface area contributed by atoms with E-state index in [1.165, 1.54) is 60.7 Å². The van der Waals surface area contributed by atoms with E-state index < -0.39 is 50.4 Å². The molecule has 3 aromatic carbocycles. The zero-order valence-corrected chi connectivity index (χ0v) is 27.4. The smallest absolute Gasteiger partial charge is 0.716 e. The third kappa shape index (κ3) is 9.98. The molecule has 1 aliphatic heterocycles. The zero-order chi connectivity index (χ0) is 29.1. The second kappa shape index (κ2) is 14.7. The molecule has 42 heavy (non-hydrogen) atoms. The van der Waals surface area contributed by atoms with E-state index in [0.717, 1.165) is 6.08 Å². The van der Waals surface area contributed by atoms with Gasteiger partial charge in [0.2, 0.25) is 0 Å². The summed E-state index contributed by atoms with van der Waals surface area (Å²) in [6.07, 6.45) is 1.26. The molecular weight excluding hydrogens is 622 g/mol. The summed E-state index contributed by atoms with van der Waals surface area (Å²) in [5.41, 5.74) is 0.921. The van der Waals surface area contributed by atoms with Crippen molar-refractivity contribution in [2.24, 2.45) is 0 Å². The van der Waals surface area contributed by atoms with Gasteiger partial charge in [-0.25, -0.2) is 16.8 Å². The summed E-state index contributed by atoms with van der Waals surface area (Å²) in [6, 6.07) is 12.2. The topological polar surface area (TPSA) is 221 Å². The van der Waals surface area contributed by atoms with Gasteiger partial charge in [-0.15, -0.1) is 0 Å². The summed E-state index contributed by atoms with van der Waals surface area (Å²) >= 11 is 0. The number of ether oxygens (including phenoxy) is 3. The van der Waals surface area contributed by atoms with E-state index in [2.05, 4.69) is 8.37 Å². The van der Waals surface area contributed by atoms with Crippen LogP contribution in [0.15, 0.2) is 67.1 Å². The van der Waals surface area contributed by atoms with Gasteiger partial charge in [0.1, 0.15) is 12.5 Å². The minimum absolute atomic E-state index is 0. The van der Waals surface area contributed by atoms with Gasteiger partial charge in [0.15, 0.2) is 40.6 Å². The van der Waals surface area contributed by atoms with E-state index in [4.69, 9.17) is 14.2 Å². The van der Waals surface area contributed by atoms with Crippen LogP contribution >= 0.6 is 0 Å². The Bertz CT molecular complexity index is 1690. The maximum absolute atomic E-state index is 10.6. The quantitative estimate of drug-likeness (QED) is 0.0683. The van der Waals surface area contributed by atoms with Crippen molar-refractivity contribution in [3.05, 3.63) is 83.8 Å². The monoisotopic (exact) mass is 640 g/mol. The average molecular weight is 641 g/mol. The van der Waals surface area contributed by atoms with E-state index in [9.17, 15) is 41.3 Å². The van der Waals surface area contributed by atoms with Gasteiger partial charge in [-0.1, -0.05) is 18.2 Å². The van der Waals surface area contributed by atoms with Crippen molar-refractivity contribution in [1.82, 2.24) is 0 Å². The Morgan fingerprint density at radius 1 is 0.690 bits per heavy atom. The van der Waals surface area contributed by atoms with Gasteiger partial charge >= 0.3 is 59.1 Å². The van der Waals surface area contributed by atoms with Crippen LogP contribution in [0.3, 0.4) is 0 Å². The molecule has 3 N–H and O–H groups in total. The fraction of sp³-hybridized carbons (Fsp3) is 0.0833. The van der Waals surface area contributed by atoms with E-state index in [-0.39, 0.29) is 81.9 Å². The van der Waals surface area contributed by atoms with Crippen molar-refractivity contribution < 1.29 is 123 Å². The molecule has 4 rings (SSSR count). The zero-order valence-electron chi connectivity index (χ0n) is 21.8. The van der Waals surface area contributed by atoms with Crippen molar-refractivity contribution in [1.29, 1.82) is 0 Å². The van der Waals surface area contributed by atoms with Crippen LogP contribution in [-0.4, -0.2) is 47.6 Å². The number of benzene rings is 3. The van der Waals surface area contributed by atoms with Crippen LogP contribution in [0.1, 0.15) is 22.8 Å². The van der Waals surface area contributed by atoms with Gasteiger partial charge in [0.25, 0.3) is 27.1 Å². The molecule has 0 saturated carbocycles. The van der Waals surface area contributed by atoms with Crippen LogP contribution in [0.5, 0.6) is 34.5 Å². The van der Waals surface area contributed by atoms with E-state index in [0.29, 0.717) is 23.7 Å². The van der Waals surface area contributed by atoms with Gasteiger partial charge in [0, 0.05) is 5.56 Å². The number of aromatic hydroxyl groups is 3. The first-order chi connectivity index (χ1) is 18.8. The van der Waals surface area contributed by atoms with Crippen molar-refractivity contribution >= 4 is 33.0 Å². The van der Waals surface area contributed by atoms with Crippen molar-refractivity contribution in [2.45, 2.75) is 12.4 Å². The number of fused-ring (bicyclic) bond motifs is 1. The molecule has 1 aliphatic rings. The Morgan fingerprint density at radius 2 is 1.29 bits per heavy atom. The Labute approximate surface area is 284 Å². The molecule has 212 valence electrons. The normalized spacial score (nSPS) is 16.3. The first-order valence-corrected chi connectivity index (χ1v) is 13.5. The molecule has 2 atom stereocenters. The molecule has 0 radical (unpaired) electrons. The number of hydrogen-bond donors (Lipinski definition) is 3. The van der Waals surface area contributed by atoms with Gasteiger partial charge < -0.3 is 47.0 Å². The van der Waals surface area contributed by atoms with Crippen LogP contribution in [0.25, 0.3) is 12.2 Å². The summed E-state index contributed by atoms with van der Waals surface area (Å²) in [5, 5.41) is 30.2. The van der Waals surface area contributed by atoms with Crippen LogP contribution in [0, 0.1) is 0 Å². The summed E-state index contributed by atoms with van der Waals surface area (Å²) in [6.45, 7) is 0. The Balaban J connectivity index is 0.00000308. The van der Waals surface area contributed by atoms with Crippen molar-refractivity contribution in [3.63, 3.8) is 0 Å². The standard InChI is InChI=1S/C24H20O14S2.2Na/c25-17-4-3-16(13-18(17)26)23-24(37-20-5-1-14(11-19(20)27)7-9-34-39(28,29)30)38-21-6-2-15(12-22(21)36-23)8-10-35-40(31,32)33;;/h1-13,23-27H,(H,28,29,30)(H,31,32,33);;/q;2*+1/p-2/b9-7+,10-8+;;. The molecule has 3 aromatic rings. The Kier molecular flexibility index (Phi) is 12.4. The van der Waals surface area contributed by atoms with Crippen molar-refractivity contribution in [3.8, 4) is 34.5 Å². The van der Waals surface area contributed by atoms with Crippen LogP contribution < -0.4 is 73.3 Å². The SMILES string of the molecule is O=S(=O)([O-])O/C=C/c1ccc(OC2Oc3ccc(/C=C/OS(=O)(=O)[O-])cc3OC2c2ccc(O)c(O)c2)c(O)c1.[Na+].[Na+]. The van der Waals surface area contributed by atoms with Crippen molar-refractivity contribution in [2.75, 3.05) is 0 Å². The second-order valence-electron chi connectivity index (χ2n) is 7.94. The number of rotatable bonds is 9. The first-order valence-electron chi connectivity index (χ1n) is 10.9. The van der Waals surface area contributed by atoms with Crippen LogP contribution in [-0.2, 0) is 29.2 Å². The molecular formula is C24H18Na2O14S2. The molecule has 0 aliphatic carbocycles. The van der Waals surface area contributed by atoms with Gasteiger partial charge in [0.05, 0.1) is 0 Å². The van der Waals surface area contributed by atoms with Crippen LogP contribution in [0.4, 0.5) is 0 Å². The fourth-order valence-electron chi connectivity index (χ4n) is 3.44. The average Bonchev–Trinajstić information content (AvgIpc) is 2.85. The third-order valence-corrected chi connectivity index (χ3v) is 5.83. The maximum Gasteiger partial charge on any atom is 1.00 e. The summed E-state index contributed by atoms with van der Waals surface area (Å²) in [7, 11) is -9.88. The minimum atomic E-state index is -4.94. The maximum atomic E-state index is 10.6. The molecule has 1 heterocycles. The number of phenols is 3. The first kappa shape index (κ1) is 35.6. The summed E-state index contributed by atoms with van der Waals surface area (Å²) < 4.78 is 89.4. The molecule has 0 saturated heterocycles. The predicted octanol–water partition coefficient (Wildman–Crippen LogP) is -3.38. The molecule has 0 fully saturated rings. The number of phenolic OH excluding ortho intramolecular Hbond substituents is 3. The second-order valence-corrected chi connectivity index (χ2v) is 9.96. The number of hydrogen-bond acceptors (Lipinski definition) is 14. The molecule has 0 spiro atoms. The Hall–Kier alpha value is -2.64. The van der Waals surface area contributed by atoms with Gasteiger partial charge in [-0.05, 0) is 59.7 Å². The van der Waals surface area contributed by atoms with E-state index >= 15 is 0 Å². The predicted molar refractivity (Wildman–Crippen MR) is 132 cm³/mol. The summed E-state index contributed by atoms with van der Waals surface area (Å²) in [4.78, 5) is 0. The molecule has 18 heteroatoms. The molecule has 14 nitrogen and oxygen atoms in total. The largest absolute Gasteiger partial charge is 1.00 e. The van der Waals surface area contributed by atoms with E-state index in [1.54, 1.807) is 0 Å². The molecule has 0 aromatic heterocycles. The molecule has 2 unspecified atom stereocenters. The van der Waals surface area contributed by atoms with Gasteiger partial charge in [-0.3, -0.25) is 0 Å². The molecule has 0 amide bonds. The minimum Gasteiger partial charge on any atom is -0.716 e. The van der Waals surface area contributed by atoms with E-state index in [1.807, 2.05) is 0 Å².